The fourth-order valence-electron chi connectivity index (χ4n) is 2.11. The summed E-state index contributed by atoms with van der Waals surface area (Å²) in [6, 6.07) is 10.1. The third-order valence-corrected chi connectivity index (χ3v) is 5.67. The molecule has 0 bridgehead atoms. The molecule has 0 atom stereocenters. The molecule has 8 heteroatoms. The molecule has 1 heterocycles. The molecular formula is C17H11FI2N2O2S. The number of ether oxygens (including phenoxy) is 1. The standard InChI is InChI=1S/C17H11FI2N2O2S/c18-11-3-1-9(2-4-11)8-24-15-12(19)5-10(6-13(15)20)7-14-16(23)22-17(21)25-14/h1-7H,8H2,(H2,21,22,23). The van der Waals surface area contributed by atoms with Gasteiger partial charge in [-0.2, -0.15) is 4.99 Å². The summed E-state index contributed by atoms with van der Waals surface area (Å²) in [5, 5.41) is 0.264. The number of benzene rings is 2. The Hall–Kier alpha value is -1.14. The van der Waals surface area contributed by atoms with Gasteiger partial charge in [0.1, 0.15) is 18.2 Å². The fraction of sp³-hybridized carbons (Fsp3) is 0.0588. The summed E-state index contributed by atoms with van der Waals surface area (Å²) in [4.78, 5) is 15.9. The zero-order valence-corrected chi connectivity index (χ0v) is 17.8. The van der Waals surface area contributed by atoms with E-state index in [1.165, 1.54) is 23.9 Å². The molecule has 3 rings (SSSR count). The second kappa shape index (κ2) is 8.04. The molecule has 128 valence electrons. The van der Waals surface area contributed by atoms with E-state index in [9.17, 15) is 9.18 Å². The number of amides is 1. The Bertz CT molecular complexity index is 875. The number of hydrogen-bond donors (Lipinski definition) is 1. The minimum Gasteiger partial charge on any atom is -0.487 e. The molecule has 0 aromatic heterocycles. The molecule has 1 aliphatic rings. The number of amidine groups is 1. The monoisotopic (exact) mass is 580 g/mol. The summed E-state index contributed by atoms with van der Waals surface area (Å²) in [7, 11) is 0. The summed E-state index contributed by atoms with van der Waals surface area (Å²) in [5.41, 5.74) is 7.33. The van der Waals surface area contributed by atoms with Gasteiger partial charge in [0, 0.05) is 0 Å². The van der Waals surface area contributed by atoms with E-state index in [0.717, 1.165) is 24.0 Å². The first-order chi connectivity index (χ1) is 11.9. The Labute approximate surface area is 175 Å². The Morgan fingerprint density at radius 3 is 2.40 bits per heavy atom. The molecule has 2 N–H and O–H groups in total. The Morgan fingerprint density at radius 1 is 1.20 bits per heavy atom. The van der Waals surface area contributed by atoms with Crippen LogP contribution in [-0.4, -0.2) is 11.1 Å². The van der Waals surface area contributed by atoms with Crippen LogP contribution < -0.4 is 10.5 Å². The van der Waals surface area contributed by atoms with E-state index in [2.05, 4.69) is 50.2 Å². The number of carbonyl (C=O) groups is 1. The van der Waals surface area contributed by atoms with E-state index >= 15 is 0 Å². The van der Waals surface area contributed by atoms with Crippen LogP contribution >= 0.6 is 56.9 Å². The van der Waals surface area contributed by atoms with E-state index in [0.29, 0.717) is 11.5 Å². The molecule has 2 aromatic carbocycles. The van der Waals surface area contributed by atoms with E-state index in [1.54, 1.807) is 18.2 Å². The number of halogens is 3. The number of carbonyl (C=O) groups excluding carboxylic acids is 1. The van der Waals surface area contributed by atoms with Crippen molar-refractivity contribution in [2.75, 3.05) is 0 Å². The van der Waals surface area contributed by atoms with Gasteiger partial charge >= 0.3 is 0 Å². The van der Waals surface area contributed by atoms with Gasteiger partial charge in [0.25, 0.3) is 5.91 Å². The van der Waals surface area contributed by atoms with Gasteiger partial charge in [-0.3, -0.25) is 4.79 Å². The highest BCUT2D eigenvalue weighted by molar-refractivity contribution is 14.1. The van der Waals surface area contributed by atoms with Crippen LogP contribution in [0.25, 0.3) is 6.08 Å². The van der Waals surface area contributed by atoms with Gasteiger partial charge in [0.15, 0.2) is 5.17 Å². The van der Waals surface area contributed by atoms with Crippen molar-refractivity contribution in [1.29, 1.82) is 0 Å². The lowest BCUT2D eigenvalue weighted by molar-refractivity contribution is -0.113. The minimum atomic E-state index is -0.316. The number of nitrogens with two attached hydrogens (primary N) is 1. The van der Waals surface area contributed by atoms with Crippen molar-refractivity contribution >= 4 is 74.1 Å². The molecular weight excluding hydrogens is 569 g/mol. The van der Waals surface area contributed by atoms with Gasteiger partial charge < -0.3 is 10.5 Å². The molecule has 1 aliphatic heterocycles. The van der Waals surface area contributed by atoms with Crippen molar-refractivity contribution in [3.63, 3.8) is 0 Å². The highest BCUT2D eigenvalue weighted by atomic mass is 127. The van der Waals surface area contributed by atoms with E-state index < -0.39 is 0 Å². The molecule has 0 saturated carbocycles. The van der Waals surface area contributed by atoms with Gasteiger partial charge in [-0.15, -0.1) is 0 Å². The van der Waals surface area contributed by atoms with Crippen LogP contribution in [0.2, 0.25) is 0 Å². The van der Waals surface area contributed by atoms with Crippen LogP contribution in [0, 0.1) is 13.0 Å². The van der Waals surface area contributed by atoms with Crippen LogP contribution in [-0.2, 0) is 11.4 Å². The van der Waals surface area contributed by atoms with E-state index in [-0.39, 0.29) is 16.9 Å². The Morgan fingerprint density at radius 2 is 1.84 bits per heavy atom. The maximum Gasteiger partial charge on any atom is 0.286 e. The molecule has 0 radical (unpaired) electrons. The lowest BCUT2D eigenvalue weighted by Gasteiger charge is -2.12. The summed E-state index contributed by atoms with van der Waals surface area (Å²) in [5.74, 6) is 0.173. The predicted molar refractivity (Wildman–Crippen MR) is 115 cm³/mol. The Kier molecular flexibility index (Phi) is 6.00. The van der Waals surface area contributed by atoms with Gasteiger partial charge in [0.05, 0.1) is 12.0 Å². The maximum atomic E-state index is 13.0. The van der Waals surface area contributed by atoms with Gasteiger partial charge in [-0.1, -0.05) is 12.1 Å². The smallest absolute Gasteiger partial charge is 0.286 e. The number of thioether (sulfide) groups is 1. The van der Waals surface area contributed by atoms with Crippen LogP contribution in [0.15, 0.2) is 46.3 Å². The first kappa shape index (κ1) is 18.6. The highest BCUT2D eigenvalue weighted by Crippen LogP contribution is 2.32. The molecule has 4 nitrogen and oxygen atoms in total. The second-order valence-corrected chi connectivity index (χ2v) is 8.48. The molecule has 0 unspecified atom stereocenters. The first-order valence-corrected chi connectivity index (χ1v) is 10.0. The summed E-state index contributed by atoms with van der Waals surface area (Å²) in [6.07, 6.45) is 1.77. The van der Waals surface area contributed by atoms with Crippen molar-refractivity contribution < 1.29 is 13.9 Å². The second-order valence-electron chi connectivity index (χ2n) is 5.09. The third-order valence-electron chi connectivity index (χ3n) is 3.25. The Balaban J connectivity index is 1.77. The van der Waals surface area contributed by atoms with Crippen molar-refractivity contribution in [2.24, 2.45) is 10.7 Å². The van der Waals surface area contributed by atoms with Gasteiger partial charge in [-0.25, -0.2) is 4.39 Å². The molecule has 1 amide bonds. The van der Waals surface area contributed by atoms with E-state index in [4.69, 9.17) is 10.5 Å². The average molecular weight is 580 g/mol. The SMILES string of the molecule is NC1=NC(=O)C(=Cc2cc(I)c(OCc3ccc(F)cc3)c(I)c2)S1. The molecule has 0 saturated heterocycles. The van der Waals surface area contributed by atoms with Crippen LogP contribution in [0.4, 0.5) is 4.39 Å². The molecule has 25 heavy (non-hydrogen) atoms. The van der Waals surface area contributed by atoms with Crippen molar-refractivity contribution in [2.45, 2.75) is 6.61 Å². The average Bonchev–Trinajstić information content (AvgIpc) is 2.86. The number of aliphatic imine (C=N–C) groups is 1. The van der Waals surface area contributed by atoms with Crippen molar-refractivity contribution in [3.8, 4) is 5.75 Å². The zero-order valence-electron chi connectivity index (χ0n) is 12.6. The van der Waals surface area contributed by atoms with E-state index in [1.807, 2.05) is 12.1 Å². The quantitative estimate of drug-likeness (QED) is 0.427. The first-order valence-electron chi connectivity index (χ1n) is 7.06. The molecule has 0 fully saturated rings. The van der Waals surface area contributed by atoms with Gasteiger partial charge in [-0.05, 0) is 98.4 Å². The van der Waals surface area contributed by atoms with Crippen LogP contribution in [0.5, 0.6) is 5.75 Å². The van der Waals surface area contributed by atoms with Crippen LogP contribution in [0.1, 0.15) is 11.1 Å². The predicted octanol–water partition coefficient (Wildman–Crippen LogP) is 4.54. The number of nitrogens with zero attached hydrogens (tertiary/aromatic N) is 1. The normalized spacial score (nSPS) is 15.6. The fourth-order valence-corrected chi connectivity index (χ4v) is 4.92. The minimum absolute atomic E-state index is 0.264. The maximum absolute atomic E-state index is 13.0. The lowest BCUT2D eigenvalue weighted by Crippen LogP contribution is -2.01. The zero-order chi connectivity index (χ0) is 18.0. The lowest BCUT2D eigenvalue weighted by atomic mass is 10.2. The molecule has 2 aromatic rings. The van der Waals surface area contributed by atoms with Crippen LogP contribution in [0.3, 0.4) is 0 Å². The molecule has 0 spiro atoms. The number of hydrogen-bond acceptors (Lipinski definition) is 4. The largest absolute Gasteiger partial charge is 0.487 e. The van der Waals surface area contributed by atoms with Gasteiger partial charge in [0.2, 0.25) is 0 Å². The topological polar surface area (TPSA) is 64.7 Å². The summed E-state index contributed by atoms with van der Waals surface area (Å²) >= 11 is 5.55. The molecule has 0 aliphatic carbocycles. The summed E-state index contributed by atoms with van der Waals surface area (Å²) < 4.78 is 20.7. The number of rotatable bonds is 4. The summed E-state index contributed by atoms with van der Waals surface area (Å²) in [6.45, 7) is 0.353. The highest BCUT2D eigenvalue weighted by Gasteiger charge is 2.20. The van der Waals surface area contributed by atoms with Crippen molar-refractivity contribution in [3.05, 3.63) is 65.4 Å². The van der Waals surface area contributed by atoms with Crippen molar-refractivity contribution in [1.82, 2.24) is 0 Å². The third kappa shape index (κ3) is 4.73.